The lowest BCUT2D eigenvalue weighted by Gasteiger charge is -2.39. The minimum atomic E-state index is 0. The number of rotatable bonds is 5. The van der Waals surface area contributed by atoms with Gasteiger partial charge < -0.3 is 19.7 Å². The number of likely N-dealkylation sites (tertiary alicyclic amines) is 2. The number of nitrogens with zero attached hydrogens (tertiary/aromatic N) is 5. The maximum Gasteiger partial charge on any atom is 0.194 e. The van der Waals surface area contributed by atoms with E-state index in [0.29, 0.717) is 12.0 Å². The lowest BCUT2D eigenvalue weighted by Crippen LogP contribution is -2.49. The van der Waals surface area contributed by atoms with Crippen LogP contribution < -0.4 is 5.32 Å². The molecule has 1 aromatic heterocycles. The summed E-state index contributed by atoms with van der Waals surface area (Å²) in [5.41, 5.74) is 0. The molecular weight excluding hydrogens is 451 g/mol. The van der Waals surface area contributed by atoms with Gasteiger partial charge in [-0.05, 0) is 44.6 Å². The Morgan fingerprint density at radius 1 is 1.22 bits per heavy atom. The molecule has 3 rings (SSSR count). The van der Waals surface area contributed by atoms with Crippen LogP contribution in [0.25, 0.3) is 0 Å². The van der Waals surface area contributed by atoms with Crippen molar-refractivity contribution in [3.63, 3.8) is 0 Å². The van der Waals surface area contributed by atoms with Gasteiger partial charge in [0.15, 0.2) is 5.96 Å². The molecule has 2 saturated heterocycles. The summed E-state index contributed by atoms with van der Waals surface area (Å²) in [6, 6.07) is 0.470. The molecule has 1 N–H and O–H groups in total. The van der Waals surface area contributed by atoms with Crippen LogP contribution in [0.5, 0.6) is 0 Å². The van der Waals surface area contributed by atoms with Gasteiger partial charge in [-0.1, -0.05) is 13.8 Å². The second kappa shape index (κ2) is 11.2. The monoisotopic (exact) mass is 488 g/mol. The number of aliphatic imine (C=N–C) groups is 1. The molecule has 6 nitrogen and oxygen atoms in total. The van der Waals surface area contributed by atoms with Gasteiger partial charge in [-0.25, -0.2) is 4.98 Å². The Morgan fingerprint density at radius 3 is 2.78 bits per heavy atom. The Morgan fingerprint density at radius 2 is 2.07 bits per heavy atom. The molecule has 2 aliphatic rings. The van der Waals surface area contributed by atoms with Crippen molar-refractivity contribution in [2.45, 2.75) is 46.1 Å². The normalized spacial score (nSPS) is 27.3. The third-order valence-corrected chi connectivity index (χ3v) is 5.88. The molecule has 7 heteroatoms. The van der Waals surface area contributed by atoms with E-state index in [0.717, 1.165) is 44.6 Å². The average Bonchev–Trinajstić information content (AvgIpc) is 3.16. The van der Waals surface area contributed by atoms with Gasteiger partial charge in [-0.15, -0.1) is 24.0 Å². The predicted molar refractivity (Wildman–Crippen MR) is 123 cm³/mol. The van der Waals surface area contributed by atoms with Crippen molar-refractivity contribution in [2.75, 3.05) is 45.8 Å². The lowest BCUT2D eigenvalue weighted by molar-refractivity contribution is 0.184. The Bertz CT molecular complexity index is 561. The second-order valence-electron chi connectivity index (χ2n) is 8.07. The third kappa shape index (κ3) is 6.34. The minimum Gasteiger partial charge on any atom is -0.357 e. The summed E-state index contributed by atoms with van der Waals surface area (Å²) < 4.78 is 2.26. The number of piperidine rings is 2. The summed E-state index contributed by atoms with van der Waals surface area (Å²) in [7, 11) is 0. The molecule has 1 aromatic rings. The fraction of sp³-hybridized carbons (Fsp3) is 0.800. The highest BCUT2D eigenvalue weighted by molar-refractivity contribution is 14.0. The van der Waals surface area contributed by atoms with Crippen molar-refractivity contribution < 1.29 is 0 Å². The number of hydrogen-bond donors (Lipinski definition) is 1. The molecule has 0 radical (unpaired) electrons. The largest absolute Gasteiger partial charge is 0.357 e. The Kier molecular flexibility index (Phi) is 9.35. The Hall–Kier alpha value is -0.830. The van der Waals surface area contributed by atoms with Gasteiger partial charge >= 0.3 is 0 Å². The summed E-state index contributed by atoms with van der Waals surface area (Å²) in [6.45, 7) is 14.3. The van der Waals surface area contributed by atoms with E-state index in [1.807, 2.05) is 12.5 Å². The molecule has 3 atom stereocenters. The van der Waals surface area contributed by atoms with Crippen molar-refractivity contribution in [3.8, 4) is 0 Å². The lowest BCUT2D eigenvalue weighted by atomic mass is 9.93. The molecule has 3 heterocycles. The van der Waals surface area contributed by atoms with Crippen LogP contribution in [0.15, 0.2) is 23.7 Å². The molecule has 0 aromatic carbocycles. The standard InChI is InChI=1S/C20H36N6.HI/c1-4-22-20(23-9-12-24-10-5-6-17(2)14-24)25-11-7-18(3)19(15-25)26-13-8-21-16-26;/h8,13,16-19H,4-7,9-12,14-15H2,1-3H3,(H,22,23);1H. The van der Waals surface area contributed by atoms with E-state index < -0.39 is 0 Å². The number of imidazole rings is 1. The first-order valence-electron chi connectivity index (χ1n) is 10.4. The van der Waals surface area contributed by atoms with Gasteiger partial charge in [-0.2, -0.15) is 0 Å². The number of halogens is 1. The summed E-state index contributed by atoms with van der Waals surface area (Å²) in [4.78, 5) is 14.2. The smallest absolute Gasteiger partial charge is 0.194 e. The Balaban J connectivity index is 0.00000261. The molecule has 0 amide bonds. The van der Waals surface area contributed by atoms with Gasteiger partial charge in [-0.3, -0.25) is 4.99 Å². The first-order chi connectivity index (χ1) is 12.7. The van der Waals surface area contributed by atoms with Crippen LogP contribution in [-0.4, -0.2) is 71.1 Å². The fourth-order valence-electron chi connectivity index (χ4n) is 4.31. The zero-order valence-corrected chi connectivity index (χ0v) is 19.5. The fourth-order valence-corrected chi connectivity index (χ4v) is 4.31. The summed E-state index contributed by atoms with van der Waals surface area (Å²) in [5.74, 6) is 2.58. The van der Waals surface area contributed by atoms with Crippen molar-refractivity contribution in [1.29, 1.82) is 0 Å². The average molecular weight is 488 g/mol. The van der Waals surface area contributed by atoms with E-state index in [9.17, 15) is 0 Å². The molecule has 2 aliphatic heterocycles. The van der Waals surface area contributed by atoms with Gasteiger partial charge in [0.25, 0.3) is 0 Å². The van der Waals surface area contributed by atoms with Gasteiger partial charge in [0.2, 0.25) is 0 Å². The summed E-state index contributed by atoms with van der Waals surface area (Å²) in [6.07, 6.45) is 9.82. The summed E-state index contributed by atoms with van der Waals surface area (Å²) >= 11 is 0. The zero-order chi connectivity index (χ0) is 18.4. The van der Waals surface area contributed by atoms with Gasteiger partial charge in [0.05, 0.1) is 18.9 Å². The van der Waals surface area contributed by atoms with E-state index in [2.05, 4.69) is 51.6 Å². The molecule has 154 valence electrons. The third-order valence-electron chi connectivity index (χ3n) is 5.88. The Labute approximate surface area is 181 Å². The maximum atomic E-state index is 4.96. The van der Waals surface area contributed by atoms with Crippen LogP contribution in [0.1, 0.15) is 46.1 Å². The minimum absolute atomic E-state index is 0. The van der Waals surface area contributed by atoms with E-state index in [-0.39, 0.29) is 24.0 Å². The molecule has 0 saturated carbocycles. The number of hydrogen-bond acceptors (Lipinski definition) is 3. The molecule has 27 heavy (non-hydrogen) atoms. The van der Waals surface area contributed by atoms with Crippen LogP contribution in [0.2, 0.25) is 0 Å². The molecule has 0 spiro atoms. The van der Waals surface area contributed by atoms with E-state index in [4.69, 9.17) is 4.99 Å². The van der Waals surface area contributed by atoms with Crippen molar-refractivity contribution in [2.24, 2.45) is 16.8 Å². The van der Waals surface area contributed by atoms with Crippen molar-refractivity contribution >= 4 is 29.9 Å². The number of aromatic nitrogens is 2. The molecule has 3 unspecified atom stereocenters. The maximum absolute atomic E-state index is 4.96. The van der Waals surface area contributed by atoms with Crippen LogP contribution in [-0.2, 0) is 0 Å². The highest BCUT2D eigenvalue weighted by Crippen LogP contribution is 2.27. The zero-order valence-electron chi connectivity index (χ0n) is 17.2. The quantitative estimate of drug-likeness (QED) is 0.393. The first-order valence-corrected chi connectivity index (χ1v) is 10.4. The molecular formula is C20H37IN6. The van der Waals surface area contributed by atoms with Crippen LogP contribution in [0.4, 0.5) is 0 Å². The van der Waals surface area contributed by atoms with Gasteiger partial charge in [0.1, 0.15) is 0 Å². The molecule has 0 aliphatic carbocycles. The molecule has 2 fully saturated rings. The SMILES string of the molecule is CCNC(=NCCN1CCCC(C)C1)N1CCC(C)C(n2ccnc2)C1.I. The summed E-state index contributed by atoms with van der Waals surface area (Å²) in [5, 5.41) is 3.51. The topological polar surface area (TPSA) is 48.7 Å². The van der Waals surface area contributed by atoms with E-state index in [1.54, 1.807) is 0 Å². The number of guanidine groups is 1. The van der Waals surface area contributed by atoms with Crippen LogP contribution >= 0.6 is 24.0 Å². The predicted octanol–water partition coefficient (Wildman–Crippen LogP) is 3.08. The van der Waals surface area contributed by atoms with E-state index >= 15 is 0 Å². The highest BCUT2D eigenvalue weighted by atomic mass is 127. The van der Waals surface area contributed by atoms with E-state index in [1.165, 1.54) is 32.4 Å². The van der Waals surface area contributed by atoms with Crippen LogP contribution in [0.3, 0.4) is 0 Å². The van der Waals surface area contributed by atoms with Crippen LogP contribution in [0, 0.1) is 11.8 Å². The van der Waals surface area contributed by atoms with Crippen molar-refractivity contribution in [3.05, 3.63) is 18.7 Å². The second-order valence-corrected chi connectivity index (χ2v) is 8.07. The molecule has 0 bridgehead atoms. The highest BCUT2D eigenvalue weighted by Gasteiger charge is 2.28. The van der Waals surface area contributed by atoms with Gasteiger partial charge in [0, 0.05) is 45.1 Å². The van der Waals surface area contributed by atoms with Crippen molar-refractivity contribution in [1.82, 2.24) is 24.7 Å². The number of nitrogens with one attached hydrogen (secondary N) is 1. The first kappa shape index (κ1) is 22.5.